The molecule has 88 valence electrons. The Hall–Kier alpha value is -1.00. The molecule has 0 aliphatic rings. The van der Waals surface area contributed by atoms with Gasteiger partial charge in [-0.1, -0.05) is 0 Å². The van der Waals surface area contributed by atoms with E-state index in [0.29, 0.717) is 12.1 Å². The van der Waals surface area contributed by atoms with E-state index >= 15 is 0 Å². The Morgan fingerprint density at radius 2 is 1.94 bits per heavy atom. The molecule has 1 amide bonds. The van der Waals surface area contributed by atoms with Crippen molar-refractivity contribution in [3.05, 3.63) is 29.8 Å². The van der Waals surface area contributed by atoms with Crippen LogP contribution < -0.4 is 11.1 Å². The molecule has 0 saturated carbocycles. The number of rotatable bonds is 4. The second-order valence-corrected chi connectivity index (χ2v) is 5.15. The number of benzene rings is 1. The number of carbonyl (C=O) groups is 1. The van der Waals surface area contributed by atoms with E-state index in [0.717, 1.165) is 4.90 Å². The Balaban J connectivity index is 2.73. The van der Waals surface area contributed by atoms with E-state index in [2.05, 4.69) is 5.32 Å². The van der Waals surface area contributed by atoms with Gasteiger partial charge in [0.2, 0.25) is 0 Å². The van der Waals surface area contributed by atoms with E-state index < -0.39 is 0 Å². The highest BCUT2D eigenvalue weighted by molar-refractivity contribution is 7.98. The maximum Gasteiger partial charge on any atom is 0.251 e. The molecule has 1 rings (SSSR count). The van der Waals surface area contributed by atoms with Gasteiger partial charge >= 0.3 is 0 Å². The Bertz CT molecular complexity index is 360. The summed E-state index contributed by atoms with van der Waals surface area (Å²) in [7, 11) is 0. The number of thioether (sulfide) groups is 1. The van der Waals surface area contributed by atoms with Crippen LogP contribution in [-0.4, -0.2) is 24.2 Å². The van der Waals surface area contributed by atoms with E-state index in [4.69, 9.17) is 5.73 Å². The molecule has 0 radical (unpaired) electrons. The van der Waals surface area contributed by atoms with Gasteiger partial charge in [0.25, 0.3) is 5.91 Å². The van der Waals surface area contributed by atoms with Crippen molar-refractivity contribution in [1.82, 2.24) is 5.32 Å². The van der Waals surface area contributed by atoms with E-state index in [9.17, 15) is 4.79 Å². The SMILES string of the molecule is CSc1ccc(C(=O)NC(C)(C)CN)cc1. The van der Waals surface area contributed by atoms with Gasteiger partial charge in [0, 0.05) is 22.5 Å². The van der Waals surface area contributed by atoms with Crippen LogP contribution in [0.2, 0.25) is 0 Å². The Morgan fingerprint density at radius 1 is 1.38 bits per heavy atom. The first kappa shape index (κ1) is 13.1. The zero-order valence-electron chi connectivity index (χ0n) is 9.91. The van der Waals surface area contributed by atoms with Crippen molar-refractivity contribution in [2.75, 3.05) is 12.8 Å². The summed E-state index contributed by atoms with van der Waals surface area (Å²) in [5, 5.41) is 2.89. The van der Waals surface area contributed by atoms with Crippen LogP contribution in [0.3, 0.4) is 0 Å². The van der Waals surface area contributed by atoms with Crippen LogP contribution in [0.4, 0.5) is 0 Å². The fourth-order valence-electron chi connectivity index (χ4n) is 1.17. The minimum atomic E-state index is -0.366. The molecule has 3 nitrogen and oxygen atoms in total. The zero-order valence-corrected chi connectivity index (χ0v) is 10.7. The summed E-state index contributed by atoms with van der Waals surface area (Å²) >= 11 is 1.66. The van der Waals surface area contributed by atoms with Crippen LogP contribution in [0.25, 0.3) is 0 Å². The van der Waals surface area contributed by atoms with E-state index in [-0.39, 0.29) is 11.4 Å². The van der Waals surface area contributed by atoms with Crippen LogP contribution >= 0.6 is 11.8 Å². The number of hydrogen-bond donors (Lipinski definition) is 2. The van der Waals surface area contributed by atoms with Crippen LogP contribution in [0.15, 0.2) is 29.2 Å². The second kappa shape index (κ2) is 5.37. The minimum Gasteiger partial charge on any atom is -0.346 e. The number of nitrogens with two attached hydrogens (primary N) is 1. The first-order valence-electron chi connectivity index (χ1n) is 5.15. The third-order valence-electron chi connectivity index (χ3n) is 2.31. The summed E-state index contributed by atoms with van der Waals surface area (Å²) in [6.07, 6.45) is 2.01. The molecule has 4 heteroatoms. The van der Waals surface area contributed by atoms with Gasteiger partial charge in [-0.15, -0.1) is 11.8 Å². The lowest BCUT2D eigenvalue weighted by Crippen LogP contribution is -2.48. The number of carbonyl (C=O) groups excluding carboxylic acids is 1. The molecule has 0 bridgehead atoms. The summed E-state index contributed by atoms with van der Waals surface area (Å²) in [4.78, 5) is 13.0. The standard InChI is InChI=1S/C12H18N2OS/c1-12(2,8-13)14-11(15)9-4-6-10(16-3)7-5-9/h4-7H,8,13H2,1-3H3,(H,14,15). The highest BCUT2D eigenvalue weighted by atomic mass is 32.2. The zero-order chi connectivity index (χ0) is 12.2. The van der Waals surface area contributed by atoms with E-state index in [1.807, 2.05) is 44.4 Å². The first-order chi connectivity index (χ1) is 7.48. The quantitative estimate of drug-likeness (QED) is 0.787. The minimum absolute atomic E-state index is 0.0805. The van der Waals surface area contributed by atoms with Crippen LogP contribution in [0.5, 0.6) is 0 Å². The first-order valence-corrected chi connectivity index (χ1v) is 6.37. The Morgan fingerprint density at radius 3 is 2.38 bits per heavy atom. The molecule has 0 spiro atoms. The van der Waals surface area contributed by atoms with E-state index in [1.54, 1.807) is 11.8 Å². The normalized spacial score (nSPS) is 11.2. The monoisotopic (exact) mass is 238 g/mol. The van der Waals surface area contributed by atoms with Crippen LogP contribution in [0.1, 0.15) is 24.2 Å². The molecular formula is C12H18N2OS. The highest BCUT2D eigenvalue weighted by Crippen LogP contribution is 2.15. The molecule has 0 unspecified atom stereocenters. The van der Waals surface area contributed by atoms with Crippen molar-refractivity contribution < 1.29 is 4.79 Å². The average Bonchev–Trinajstić information content (AvgIpc) is 2.28. The molecule has 1 aromatic rings. The number of amides is 1. The summed E-state index contributed by atoms with van der Waals surface area (Å²) in [5.41, 5.74) is 5.86. The molecule has 0 aromatic heterocycles. The molecular weight excluding hydrogens is 220 g/mol. The van der Waals surface area contributed by atoms with Crippen molar-refractivity contribution in [2.24, 2.45) is 5.73 Å². The summed E-state index contributed by atoms with van der Waals surface area (Å²) in [6, 6.07) is 7.53. The van der Waals surface area contributed by atoms with Crippen molar-refractivity contribution in [2.45, 2.75) is 24.3 Å². The molecule has 0 heterocycles. The number of hydrogen-bond acceptors (Lipinski definition) is 3. The Kier molecular flexibility index (Phi) is 4.38. The van der Waals surface area contributed by atoms with Gasteiger partial charge < -0.3 is 11.1 Å². The molecule has 1 aromatic carbocycles. The molecule has 0 aliphatic heterocycles. The predicted molar refractivity (Wildman–Crippen MR) is 68.8 cm³/mol. The Labute approximate surface area is 101 Å². The molecule has 0 atom stereocenters. The predicted octanol–water partition coefficient (Wildman–Crippen LogP) is 1.88. The summed E-state index contributed by atoms with van der Waals surface area (Å²) < 4.78 is 0. The van der Waals surface area contributed by atoms with Gasteiger partial charge in [0.1, 0.15) is 0 Å². The largest absolute Gasteiger partial charge is 0.346 e. The van der Waals surface area contributed by atoms with Gasteiger partial charge in [0.15, 0.2) is 0 Å². The molecule has 3 N–H and O–H groups in total. The van der Waals surface area contributed by atoms with Crippen LogP contribution in [-0.2, 0) is 0 Å². The topological polar surface area (TPSA) is 55.1 Å². The van der Waals surface area contributed by atoms with Crippen molar-refractivity contribution >= 4 is 17.7 Å². The third-order valence-corrected chi connectivity index (χ3v) is 3.06. The second-order valence-electron chi connectivity index (χ2n) is 4.27. The third kappa shape index (κ3) is 3.54. The lowest BCUT2D eigenvalue weighted by Gasteiger charge is -2.24. The van der Waals surface area contributed by atoms with Gasteiger partial charge in [-0.05, 0) is 44.4 Å². The lowest BCUT2D eigenvalue weighted by atomic mass is 10.1. The maximum atomic E-state index is 11.8. The van der Waals surface area contributed by atoms with Crippen molar-refractivity contribution in [1.29, 1.82) is 0 Å². The molecule has 0 fully saturated rings. The summed E-state index contributed by atoms with van der Waals surface area (Å²) in [6.45, 7) is 4.23. The fraction of sp³-hybridized carbons (Fsp3) is 0.417. The van der Waals surface area contributed by atoms with Crippen molar-refractivity contribution in [3.8, 4) is 0 Å². The molecule has 16 heavy (non-hydrogen) atoms. The lowest BCUT2D eigenvalue weighted by molar-refractivity contribution is 0.0915. The number of nitrogens with one attached hydrogen (secondary N) is 1. The van der Waals surface area contributed by atoms with Gasteiger partial charge in [0.05, 0.1) is 0 Å². The average molecular weight is 238 g/mol. The molecule has 0 aliphatic carbocycles. The highest BCUT2D eigenvalue weighted by Gasteiger charge is 2.18. The summed E-state index contributed by atoms with van der Waals surface area (Å²) in [5.74, 6) is -0.0805. The van der Waals surface area contributed by atoms with Crippen LogP contribution in [0, 0.1) is 0 Å². The maximum absolute atomic E-state index is 11.8. The van der Waals surface area contributed by atoms with E-state index in [1.165, 1.54) is 0 Å². The fourth-order valence-corrected chi connectivity index (χ4v) is 1.58. The van der Waals surface area contributed by atoms with Gasteiger partial charge in [-0.25, -0.2) is 0 Å². The molecule has 0 saturated heterocycles. The van der Waals surface area contributed by atoms with Crippen molar-refractivity contribution in [3.63, 3.8) is 0 Å². The smallest absolute Gasteiger partial charge is 0.251 e. The van der Waals surface area contributed by atoms with Gasteiger partial charge in [-0.3, -0.25) is 4.79 Å². The van der Waals surface area contributed by atoms with Gasteiger partial charge in [-0.2, -0.15) is 0 Å².